The zero-order valence-electron chi connectivity index (χ0n) is 9.03. The first-order chi connectivity index (χ1) is 8.90. The average Bonchev–Trinajstić information content (AvgIpc) is 2.81. The lowest BCUT2D eigenvalue weighted by molar-refractivity contribution is 0.0652. The number of carboxylic acid groups (broad SMARTS) is 1. The van der Waals surface area contributed by atoms with Crippen molar-refractivity contribution in [3.8, 4) is 11.3 Å². The first-order valence-electron chi connectivity index (χ1n) is 4.87. The molecule has 1 heterocycles. The minimum atomic E-state index is -3.00. The van der Waals surface area contributed by atoms with Gasteiger partial charge in [-0.1, -0.05) is 5.16 Å². The summed E-state index contributed by atoms with van der Waals surface area (Å²) >= 11 is 0. The van der Waals surface area contributed by atoms with Gasteiger partial charge in [-0.3, -0.25) is 0 Å². The fraction of sp³-hybridized carbons (Fsp3) is 0.0909. The number of alkyl halides is 2. The SMILES string of the molecule is O=C(O)c1cc(-c2cc(C(F)F)cc(F)c2F)no1. The molecule has 100 valence electrons. The Bertz CT molecular complexity index is 639. The number of hydrogen-bond acceptors (Lipinski definition) is 3. The van der Waals surface area contributed by atoms with Gasteiger partial charge >= 0.3 is 5.97 Å². The largest absolute Gasteiger partial charge is 0.475 e. The predicted octanol–water partition coefficient (Wildman–Crippen LogP) is 3.26. The zero-order valence-corrected chi connectivity index (χ0v) is 9.03. The summed E-state index contributed by atoms with van der Waals surface area (Å²) in [5, 5.41) is 11.8. The molecule has 0 spiro atoms. The number of hydrogen-bond donors (Lipinski definition) is 1. The van der Waals surface area contributed by atoms with E-state index in [9.17, 15) is 22.4 Å². The maximum atomic E-state index is 13.5. The molecule has 0 atom stereocenters. The Kier molecular flexibility index (Phi) is 3.24. The zero-order chi connectivity index (χ0) is 14.2. The molecule has 0 radical (unpaired) electrons. The Hall–Kier alpha value is -2.38. The quantitative estimate of drug-likeness (QED) is 0.873. The molecule has 0 amide bonds. The minimum absolute atomic E-state index is 0.363. The van der Waals surface area contributed by atoms with Crippen LogP contribution in [0.15, 0.2) is 22.7 Å². The number of rotatable bonds is 3. The standard InChI is InChI=1S/C11H5F4NO3/c12-6-2-4(10(14)15)1-5(9(6)13)7-3-8(11(17)18)19-16-7/h1-3,10H,(H,17,18). The lowest BCUT2D eigenvalue weighted by Crippen LogP contribution is -1.95. The van der Waals surface area contributed by atoms with E-state index >= 15 is 0 Å². The second kappa shape index (κ2) is 4.71. The lowest BCUT2D eigenvalue weighted by atomic mass is 10.1. The van der Waals surface area contributed by atoms with Gasteiger partial charge in [-0.2, -0.15) is 0 Å². The summed E-state index contributed by atoms with van der Waals surface area (Å²) in [6.45, 7) is 0. The highest BCUT2D eigenvalue weighted by atomic mass is 19.3. The molecule has 1 aromatic heterocycles. The number of benzene rings is 1. The number of carboxylic acids is 1. The van der Waals surface area contributed by atoms with Gasteiger partial charge < -0.3 is 9.63 Å². The minimum Gasteiger partial charge on any atom is -0.475 e. The van der Waals surface area contributed by atoms with Crippen LogP contribution in [0.2, 0.25) is 0 Å². The molecule has 0 aliphatic carbocycles. The molecule has 8 heteroatoms. The summed E-state index contributed by atoms with van der Waals surface area (Å²) < 4.78 is 56.0. The topological polar surface area (TPSA) is 63.3 Å². The van der Waals surface area contributed by atoms with Crippen LogP contribution in [0.3, 0.4) is 0 Å². The molecule has 0 saturated heterocycles. The van der Waals surface area contributed by atoms with Gasteiger partial charge in [0.2, 0.25) is 5.76 Å². The molecule has 4 nitrogen and oxygen atoms in total. The smallest absolute Gasteiger partial charge is 0.374 e. The van der Waals surface area contributed by atoms with Crippen molar-refractivity contribution in [3.05, 3.63) is 41.2 Å². The molecule has 0 unspecified atom stereocenters. The van der Waals surface area contributed by atoms with Crippen LogP contribution >= 0.6 is 0 Å². The Morgan fingerprint density at radius 2 is 1.95 bits per heavy atom. The Morgan fingerprint density at radius 3 is 2.47 bits per heavy atom. The van der Waals surface area contributed by atoms with Gasteiger partial charge in [0.25, 0.3) is 6.43 Å². The molecule has 19 heavy (non-hydrogen) atoms. The maximum Gasteiger partial charge on any atom is 0.374 e. The molecular weight excluding hydrogens is 270 g/mol. The second-order valence-electron chi connectivity index (χ2n) is 3.55. The normalized spacial score (nSPS) is 11.0. The molecule has 2 aromatic rings. The third-order valence-corrected chi connectivity index (χ3v) is 2.30. The third kappa shape index (κ3) is 2.42. The molecule has 0 aliphatic rings. The molecule has 1 aromatic carbocycles. The summed E-state index contributed by atoms with van der Waals surface area (Å²) in [4.78, 5) is 10.6. The fourth-order valence-electron chi connectivity index (χ4n) is 1.43. The van der Waals surface area contributed by atoms with Crippen molar-refractivity contribution < 1.29 is 32.0 Å². The van der Waals surface area contributed by atoms with Gasteiger partial charge in [0.1, 0.15) is 5.69 Å². The van der Waals surface area contributed by atoms with Gasteiger partial charge in [0.05, 0.1) is 0 Å². The summed E-state index contributed by atoms with van der Waals surface area (Å²) in [6, 6.07) is 1.86. The van der Waals surface area contributed by atoms with E-state index in [0.29, 0.717) is 12.1 Å². The van der Waals surface area contributed by atoms with E-state index in [1.54, 1.807) is 0 Å². The predicted molar refractivity (Wildman–Crippen MR) is 53.8 cm³/mol. The third-order valence-electron chi connectivity index (χ3n) is 2.30. The summed E-state index contributed by atoms with van der Waals surface area (Å²) in [6.07, 6.45) is -3.00. The van der Waals surface area contributed by atoms with E-state index in [1.165, 1.54) is 0 Å². The number of aromatic carboxylic acids is 1. The average molecular weight is 275 g/mol. The van der Waals surface area contributed by atoms with Crippen molar-refractivity contribution in [1.29, 1.82) is 0 Å². The Balaban J connectivity index is 2.56. The molecule has 0 fully saturated rings. The molecule has 0 saturated carbocycles. The highest BCUT2D eigenvalue weighted by Crippen LogP contribution is 2.29. The van der Waals surface area contributed by atoms with E-state index in [4.69, 9.17) is 5.11 Å². The second-order valence-corrected chi connectivity index (χ2v) is 3.55. The van der Waals surface area contributed by atoms with Crippen LogP contribution in [-0.4, -0.2) is 16.2 Å². The van der Waals surface area contributed by atoms with Crippen molar-refractivity contribution in [2.75, 3.05) is 0 Å². The first kappa shape index (κ1) is 13.1. The summed E-state index contributed by atoms with van der Waals surface area (Å²) in [7, 11) is 0. The van der Waals surface area contributed by atoms with Crippen molar-refractivity contribution in [3.63, 3.8) is 0 Å². The van der Waals surface area contributed by atoms with Crippen LogP contribution < -0.4 is 0 Å². The van der Waals surface area contributed by atoms with Crippen molar-refractivity contribution in [2.24, 2.45) is 0 Å². The van der Waals surface area contributed by atoms with Gasteiger partial charge in [0, 0.05) is 17.2 Å². The fourth-order valence-corrected chi connectivity index (χ4v) is 1.43. The molecule has 0 aliphatic heterocycles. The Labute approximate surface area is 103 Å². The van der Waals surface area contributed by atoms with Crippen LogP contribution in [0.25, 0.3) is 11.3 Å². The van der Waals surface area contributed by atoms with Gasteiger partial charge in [0.15, 0.2) is 11.6 Å². The number of halogens is 4. The molecule has 2 rings (SSSR count). The lowest BCUT2D eigenvalue weighted by Gasteiger charge is -2.04. The van der Waals surface area contributed by atoms with Gasteiger partial charge in [-0.25, -0.2) is 22.4 Å². The molecule has 0 bridgehead atoms. The van der Waals surface area contributed by atoms with E-state index in [2.05, 4.69) is 9.68 Å². The number of nitrogens with zero attached hydrogens (tertiary/aromatic N) is 1. The molecular formula is C11H5F4NO3. The van der Waals surface area contributed by atoms with E-state index in [1.807, 2.05) is 0 Å². The number of aromatic nitrogens is 1. The van der Waals surface area contributed by atoms with E-state index in [0.717, 1.165) is 6.07 Å². The Morgan fingerprint density at radius 1 is 1.26 bits per heavy atom. The highest BCUT2D eigenvalue weighted by molar-refractivity contribution is 5.85. The van der Waals surface area contributed by atoms with Crippen LogP contribution in [0.4, 0.5) is 17.6 Å². The summed E-state index contributed by atoms with van der Waals surface area (Å²) in [5.41, 5.74) is -1.71. The van der Waals surface area contributed by atoms with Crippen LogP contribution in [0.1, 0.15) is 22.5 Å². The van der Waals surface area contributed by atoms with Crippen molar-refractivity contribution in [1.82, 2.24) is 5.16 Å². The molecule has 1 N–H and O–H groups in total. The van der Waals surface area contributed by atoms with Crippen LogP contribution in [0.5, 0.6) is 0 Å². The van der Waals surface area contributed by atoms with Gasteiger partial charge in [-0.05, 0) is 12.1 Å². The van der Waals surface area contributed by atoms with E-state index in [-0.39, 0.29) is 5.69 Å². The number of carbonyl (C=O) groups is 1. The van der Waals surface area contributed by atoms with Gasteiger partial charge in [-0.15, -0.1) is 0 Å². The summed E-state index contributed by atoms with van der Waals surface area (Å²) in [5.74, 6) is -4.97. The van der Waals surface area contributed by atoms with Crippen LogP contribution in [0, 0.1) is 11.6 Å². The van der Waals surface area contributed by atoms with Crippen molar-refractivity contribution in [2.45, 2.75) is 6.43 Å². The monoisotopic (exact) mass is 275 g/mol. The first-order valence-corrected chi connectivity index (χ1v) is 4.87. The van der Waals surface area contributed by atoms with Crippen molar-refractivity contribution >= 4 is 5.97 Å². The maximum absolute atomic E-state index is 13.5. The highest BCUT2D eigenvalue weighted by Gasteiger charge is 2.20. The van der Waals surface area contributed by atoms with Crippen LogP contribution in [-0.2, 0) is 0 Å². The van der Waals surface area contributed by atoms with E-state index < -0.39 is 40.9 Å².